The Hall–Kier alpha value is -2.88. The maximum absolute atomic E-state index is 12.7. The summed E-state index contributed by atoms with van der Waals surface area (Å²) in [6, 6.07) is 19.7. The standard InChI is InChI=1S/C23H24N2O2/c1-17-12-14-25(15-13-17)23(26)21-10-5-8-19(24-21)16-27-22-11-4-7-18-6-2-3-9-20(18)22/h2-11,17H,12-16H2,1H3. The van der Waals surface area contributed by atoms with Crippen molar-refractivity contribution < 1.29 is 9.53 Å². The van der Waals surface area contributed by atoms with E-state index >= 15 is 0 Å². The van der Waals surface area contributed by atoms with E-state index in [0.717, 1.165) is 48.1 Å². The third-order valence-electron chi connectivity index (χ3n) is 5.22. The fraction of sp³-hybridized carbons (Fsp3) is 0.304. The van der Waals surface area contributed by atoms with Gasteiger partial charge in [-0.1, -0.05) is 49.4 Å². The van der Waals surface area contributed by atoms with Crippen LogP contribution in [0.5, 0.6) is 5.75 Å². The van der Waals surface area contributed by atoms with Gasteiger partial charge in [0.25, 0.3) is 5.91 Å². The van der Waals surface area contributed by atoms with Gasteiger partial charge in [0.15, 0.2) is 0 Å². The molecular weight excluding hydrogens is 336 g/mol. The normalized spacial score (nSPS) is 15.1. The second-order valence-corrected chi connectivity index (χ2v) is 7.25. The summed E-state index contributed by atoms with van der Waals surface area (Å²) in [5.41, 5.74) is 1.27. The second-order valence-electron chi connectivity index (χ2n) is 7.25. The quantitative estimate of drug-likeness (QED) is 0.678. The van der Waals surface area contributed by atoms with Crippen LogP contribution in [0.4, 0.5) is 0 Å². The molecule has 1 aliphatic rings. The second kappa shape index (κ2) is 7.78. The predicted molar refractivity (Wildman–Crippen MR) is 107 cm³/mol. The number of pyridine rings is 1. The average molecular weight is 360 g/mol. The van der Waals surface area contributed by atoms with Crippen LogP contribution in [0.3, 0.4) is 0 Å². The zero-order valence-corrected chi connectivity index (χ0v) is 15.6. The van der Waals surface area contributed by atoms with E-state index in [2.05, 4.69) is 30.1 Å². The number of likely N-dealkylation sites (tertiary alicyclic amines) is 1. The van der Waals surface area contributed by atoms with E-state index in [9.17, 15) is 4.79 Å². The topological polar surface area (TPSA) is 42.4 Å². The number of aromatic nitrogens is 1. The summed E-state index contributed by atoms with van der Waals surface area (Å²) in [7, 11) is 0. The molecule has 4 rings (SSSR count). The van der Waals surface area contributed by atoms with Crippen molar-refractivity contribution in [1.82, 2.24) is 9.88 Å². The number of benzene rings is 2. The Balaban J connectivity index is 1.47. The molecular formula is C23H24N2O2. The zero-order valence-electron chi connectivity index (χ0n) is 15.6. The first-order valence-electron chi connectivity index (χ1n) is 9.56. The molecule has 0 unspecified atom stereocenters. The van der Waals surface area contributed by atoms with Gasteiger partial charge < -0.3 is 9.64 Å². The summed E-state index contributed by atoms with van der Waals surface area (Å²) in [5.74, 6) is 1.55. The van der Waals surface area contributed by atoms with Crippen LogP contribution in [0.25, 0.3) is 10.8 Å². The van der Waals surface area contributed by atoms with Gasteiger partial charge in [-0.2, -0.15) is 0 Å². The molecule has 3 aromatic rings. The summed E-state index contributed by atoms with van der Waals surface area (Å²) in [4.78, 5) is 19.2. The van der Waals surface area contributed by atoms with Crippen molar-refractivity contribution in [3.05, 3.63) is 72.1 Å². The summed E-state index contributed by atoms with van der Waals surface area (Å²) in [6.07, 6.45) is 2.13. The number of rotatable bonds is 4. The number of fused-ring (bicyclic) bond motifs is 1. The van der Waals surface area contributed by atoms with Crippen molar-refractivity contribution in [1.29, 1.82) is 0 Å². The summed E-state index contributed by atoms with van der Waals surface area (Å²) in [5, 5.41) is 2.22. The Morgan fingerprint density at radius 2 is 1.78 bits per heavy atom. The van der Waals surface area contributed by atoms with E-state index in [-0.39, 0.29) is 5.91 Å². The van der Waals surface area contributed by atoms with Crippen LogP contribution < -0.4 is 4.74 Å². The van der Waals surface area contributed by atoms with Gasteiger partial charge in [0.2, 0.25) is 0 Å². The van der Waals surface area contributed by atoms with Crippen molar-refractivity contribution in [2.45, 2.75) is 26.4 Å². The third-order valence-corrected chi connectivity index (χ3v) is 5.22. The maximum Gasteiger partial charge on any atom is 0.272 e. The van der Waals surface area contributed by atoms with E-state index in [1.54, 1.807) is 6.07 Å². The molecule has 1 amide bonds. The average Bonchev–Trinajstić information content (AvgIpc) is 2.72. The Kier molecular flexibility index (Phi) is 5.05. The molecule has 27 heavy (non-hydrogen) atoms. The first-order chi connectivity index (χ1) is 13.2. The van der Waals surface area contributed by atoms with Crippen LogP contribution in [0.2, 0.25) is 0 Å². The molecule has 2 aromatic carbocycles. The molecule has 4 heteroatoms. The minimum absolute atomic E-state index is 0.0221. The molecule has 0 aliphatic carbocycles. The van der Waals surface area contributed by atoms with Crippen LogP contribution in [0.1, 0.15) is 35.9 Å². The van der Waals surface area contributed by atoms with E-state index in [1.807, 2.05) is 41.3 Å². The highest BCUT2D eigenvalue weighted by Crippen LogP contribution is 2.26. The Labute approximate surface area is 159 Å². The smallest absolute Gasteiger partial charge is 0.272 e. The lowest BCUT2D eigenvalue weighted by Gasteiger charge is -2.30. The number of hydrogen-bond donors (Lipinski definition) is 0. The number of carbonyl (C=O) groups is 1. The zero-order chi connectivity index (χ0) is 18.6. The van der Waals surface area contributed by atoms with Crippen LogP contribution in [-0.4, -0.2) is 28.9 Å². The number of amides is 1. The van der Waals surface area contributed by atoms with Gasteiger partial charge in [0, 0.05) is 18.5 Å². The van der Waals surface area contributed by atoms with Gasteiger partial charge in [-0.25, -0.2) is 4.98 Å². The highest BCUT2D eigenvalue weighted by molar-refractivity contribution is 5.92. The van der Waals surface area contributed by atoms with E-state index in [1.165, 1.54) is 0 Å². The Morgan fingerprint density at radius 3 is 2.63 bits per heavy atom. The van der Waals surface area contributed by atoms with Gasteiger partial charge >= 0.3 is 0 Å². The van der Waals surface area contributed by atoms with Crippen LogP contribution in [0.15, 0.2) is 60.7 Å². The van der Waals surface area contributed by atoms with Gasteiger partial charge in [-0.05, 0) is 42.3 Å². The number of nitrogens with zero attached hydrogens (tertiary/aromatic N) is 2. The molecule has 0 atom stereocenters. The Morgan fingerprint density at radius 1 is 1.04 bits per heavy atom. The summed E-state index contributed by atoms with van der Waals surface area (Å²) in [6.45, 7) is 4.22. The third kappa shape index (κ3) is 3.95. The van der Waals surface area contributed by atoms with E-state index < -0.39 is 0 Å². The van der Waals surface area contributed by atoms with E-state index in [4.69, 9.17) is 4.74 Å². The minimum atomic E-state index is 0.0221. The van der Waals surface area contributed by atoms with Crippen molar-refractivity contribution in [2.75, 3.05) is 13.1 Å². The lowest BCUT2D eigenvalue weighted by molar-refractivity contribution is 0.0690. The maximum atomic E-state index is 12.7. The lowest BCUT2D eigenvalue weighted by Crippen LogP contribution is -2.38. The van der Waals surface area contributed by atoms with Crippen molar-refractivity contribution >= 4 is 16.7 Å². The molecule has 1 aromatic heterocycles. The fourth-order valence-electron chi connectivity index (χ4n) is 3.53. The number of hydrogen-bond acceptors (Lipinski definition) is 3. The van der Waals surface area contributed by atoms with Crippen LogP contribution >= 0.6 is 0 Å². The lowest BCUT2D eigenvalue weighted by atomic mass is 9.99. The van der Waals surface area contributed by atoms with Gasteiger partial charge in [0.05, 0.1) is 5.69 Å². The van der Waals surface area contributed by atoms with Crippen LogP contribution in [0, 0.1) is 5.92 Å². The molecule has 1 saturated heterocycles. The minimum Gasteiger partial charge on any atom is -0.487 e. The summed E-state index contributed by atoms with van der Waals surface area (Å²) >= 11 is 0. The number of ether oxygens (including phenoxy) is 1. The van der Waals surface area contributed by atoms with Crippen molar-refractivity contribution in [2.24, 2.45) is 5.92 Å². The molecule has 2 heterocycles. The largest absolute Gasteiger partial charge is 0.487 e. The molecule has 0 saturated carbocycles. The molecule has 0 N–H and O–H groups in total. The molecule has 0 spiro atoms. The summed E-state index contributed by atoms with van der Waals surface area (Å²) < 4.78 is 6.01. The molecule has 0 bridgehead atoms. The molecule has 4 nitrogen and oxygen atoms in total. The van der Waals surface area contributed by atoms with Crippen molar-refractivity contribution in [3.8, 4) is 5.75 Å². The highest BCUT2D eigenvalue weighted by atomic mass is 16.5. The number of carbonyl (C=O) groups excluding carboxylic acids is 1. The van der Waals surface area contributed by atoms with Gasteiger partial charge in [-0.15, -0.1) is 0 Å². The molecule has 0 radical (unpaired) electrons. The number of piperidine rings is 1. The van der Waals surface area contributed by atoms with Gasteiger partial charge in [-0.3, -0.25) is 4.79 Å². The Bertz CT molecular complexity index is 941. The highest BCUT2D eigenvalue weighted by Gasteiger charge is 2.22. The van der Waals surface area contributed by atoms with Gasteiger partial charge in [0.1, 0.15) is 18.1 Å². The van der Waals surface area contributed by atoms with Crippen LogP contribution in [-0.2, 0) is 6.61 Å². The molecule has 1 aliphatic heterocycles. The van der Waals surface area contributed by atoms with Crippen molar-refractivity contribution in [3.63, 3.8) is 0 Å². The fourth-order valence-corrected chi connectivity index (χ4v) is 3.53. The predicted octanol–water partition coefficient (Wildman–Crippen LogP) is 4.69. The molecule has 1 fully saturated rings. The first kappa shape index (κ1) is 17.5. The first-order valence-corrected chi connectivity index (χ1v) is 9.56. The van der Waals surface area contributed by atoms with E-state index in [0.29, 0.717) is 18.2 Å². The SMILES string of the molecule is CC1CCN(C(=O)c2cccc(COc3cccc4ccccc34)n2)CC1. The molecule has 138 valence electrons. The monoisotopic (exact) mass is 360 g/mol.